The molecule has 0 spiro atoms. The Morgan fingerprint density at radius 2 is 1.59 bits per heavy atom. The molecule has 4 amide bonds. The third-order valence-electron chi connectivity index (χ3n) is 7.22. The topological polar surface area (TPSA) is 193 Å². The predicted molar refractivity (Wildman–Crippen MR) is 180 cm³/mol. The van der Waals surface area contributed by atoms with E-state index in [-0.39, 0.29) is 42.8 Å². The van der Waals surface area contributed by atoms with Gasteiger partial charge in [-0.05, 0) is 49.3 Å². The van der Waals surface area contributed by atoms with Crippen LogP contribution in [0.4, 0.5) is 13.6 Å². The molecule has 0 saturated heterocycles. The van der Waals surface area contributed by atoms with Crippen LogP contribution in [0.2, 0.25) is 0 Å². The van der Waals surface area contributed by atoms with E-state index >= 15 is 0 Å². The van der Waals surface area contributed by atoms with Gasteiger partial charge in [-0.3, -0.25) is 14.4 Å². The lowest BCUT2D eigenvalue weighted by molar-refractivity contribution is -0.132. The molecule has 0 aliphatic carbocycles. The fourth-order valence-corrected chi connectivity index (χ4v) is 6.22. The van der Waals surface area contributed by atoms with Crippen LogP contribution in [-0.4, -0.2) is 85.1 Å². The second kappa shape index (κ2) is 18.9. The number of aromatic nitrogens is 1. The number of nitrogens with zero attached hydrogens (tertiary/aromatic N) is 1. The Kier molecular flexibility index (Phi) is 16.0. The van der Waals surface area contributed by atoms with Crippen molar-refractivity contribution in [2.24, 2.45) is 17.8 Å². The summed E-state index contributed by atoms with van der Waals surface area (Å²) in [7, 11) is -3.86. The van der Waals surface area contributed by atoms with Gasteiger partial charge in [0.15, 0.2) is 0 Å². The van der Waals surface area contributed by atoms with Crippen molar-refractivity contribution < 1.29 is 46.2 Å². The van der Waals surface area contributed by atoms with Gasteiger partial charge >= 0.3 is 6.09 Å². The monoisotopic (exact) mass is 731 g/mol. The number of aliphatic hydroxyl groups is 1. The highest BCUT2D eigenvalue weighted by molar-refractivity contribution is 7.90. The number of aliphatic hydroxyl groups excluding tert-OH is 1. The molecule has 1 aromatic carbocycles. The summed E-state index contributed by atoms with van der Waals surface area (Å²) in [5, 5.41) is 23.7. The van der Waals surface area contributed by atoms with Crippen LogP contribution >= 0.6 is 11.3 Å². The summed E-state index contributed by atoms with van der Waals surface area (Å²) in [6.45, 7) is 10.8. The van der Waals surface area contributed by atoms with Gasteiger partial charge in [0.05, 0.1) is 17.9 Å². The molecular weight excluding hydrogens is 685 g/mol. The number of benzene rings is 1. The Labute approximate surface area is 289 Å². The van der Waals surface area contributed by atoms with Crippen molar-refractivity contribution in [2.45, 2.75) is 85.2 Å². The van der Waals surface area contributed by atoms with Gasteiger partial charge in [-0.25, -0.2) is 27.0 Å². The molecule has 2 aromatic rings. The summed E-state index contributed by atoms with van der Waals surface area (Å²) in [6.07, 6.45) is -2.37. The number of ether oxygens (including phenoxy) is 1. The molecule has 0 fully saturated rings. The Morgan fingerprint density at radius 1 is 0.959 bits per heavy atom. The second-order valence-electron chi connectivity index (χ2n) is 12.9. The van der Waals surface area contributed by atoms with E-state index in [0.717, 1.165) is 18.4 Å². The average Bonchev–Trinajstić information content (AvgIpc) is 3.40. The minimum Gasteiger partial charge on any atom is -0.442 e. The fourth-order valence-electron chi connectivity index (χ4n) is 4.69. The Morgan fingerprint density at radius 3 is 2.12 bits per heavy atom. The van der Waals surface area contributed by atoms with Crippen LogP contribution in [0.1, 0.15) is 57.3 Å². The number of nitrogens with one attached hydrogen (secondary N) is 4. The quantitative estimate of drug-likeness (QED) is 0.153. The van der Waals surface area contributed by atoms with Gasteiger partial charge < -0.3 is 31.1 Å². The number of carbonyl (C=O) groups is 4. The smallest absolute Gasteiger partial charge is 0.408 e. The lowest BCUT2D eigenvalue weighted by Crippen LogP contribution is -2.56. The van der Waals surface area contributed by atoms with Gasteiger partial charge in [0.2, 0.25) is 17.7 Å². The average molecular weight is 732 g/mol. The number of sulfone groups is 1. The molecule has 13 nitrogen and oxygen atoms in total. The number of halogens is 2. The third kappa shape index (κ3) is 15.2. The van der Waals surface area contributed by atoms with E-state index in [4.69, 9.17) is 4.74 Å². The van der Waals surface area contributed by atoms with Crippen LogP contribution in [0.3, 0.4) is 0 Å². The molecule has 0 unspecified atom stereocenters. The molecule has 1 aromatic heterocycles. The van der Waals surface area contributed by atoms with E-state index < -0.39 is 75.3 Å². The molecule has 2 rings (SSSR count). The molecule has 0 radical (unpaired) electrons. The minimum absolute atomic E-state index is 0.0476. The van der Waals surface area contributed by atoms with Gasteiger partial charge in [0, 0.05) is 35.9 Å². The SMILES string of the molecule is Cc1csc(COC(=O)N[C@@H](CS(C)(=O)=O)C(=O)N[C@@H](Cc2cc(F)cc(F)c2)[C@@H](O)C[C@@H](C)C(=O)N[C@H](C(=O)NCC(C)C)C(C)C)n1. The Balaban J connectivity index is 2.26. The van der Waals surface area contributed by atoms with Crippen LogP contribution in [0.15, 0.2) is 23.6 Å². The van der Waals surface area contributed by atoms with Gasteiger partial charge in [-0.2, -0.15) is 0 Å². The van der Waals surface area contributed by atoms with E-state index in [1.165, 1.54) is 18.3 Å². The van der Waals surface area contributed by atoms with Crippen molar-refractivity contribution in [1.29, 1.82) is 0 Å². The van der Waals surface area contributed by atoms with Crippen molar-refractivity contribution in [3.05, 3.63) is 51.5 Å². The highest BCUT2D eigenvalue weighted by Crippen LogP contribution is 2.17. The number of thiazole rings is 1. The lowest BCUT2D eigenvalue weighted by Gasteiger charge is -2.29. The first-order valence-electron chi connectivity index (χ1n) is 15.8. The maximum Gasteiger partial charge on any atom is 0.408 e. The molecule has 1 heterocycles. The molecular formula is C32H47F2N5O8S2. The highest BCUT2D eigenvalue weighted by Gasteiger charge is 2.33. The molecule has 17 heteroatoms. The van der Waals surface area contributed by atoms with E-state index in [9.17, 15) is 41.5 Å². The predicted octanol–water partition coefficient (Wildman–Crippen LogP) is 2.40. The van der Waals surface area contributed by atoms with Crippen molar-refractivity contribution >= 4 is 45.0 Å². The van der Waals surface area contributed by atoms with E-state index in [1.807, 2.05) is 13.8 Å². The van der Waals surface area contributed by atoms with Crippen LogP contribution in [0, 0.1) is 36.3 Å². The summed E-state index contributed by atoms with van der Waals surface area (Å²) in [6, 6.07) is -1.21. The van der Waals surface area contributed by atoms with E-state index in [1.54, 1.807) is 26.2 Å². The standard InChI is InChI=1S/C32H47F2N5O8S2/c1-17(2)13-35-31(43)28(18(3)4)39-29(41)19(5)8-26(40)24(11-21-9-22(33)12-23(34)10-21)37-30(42)25(16-49(7,45)46)38-32(44)47-14-27-36-20(6)15-48-27/h9-10,12,15,17-19,24-26,28,40H,8,11,13-14,16H2,1-7H3,(H,35,43)(H,37,42)(H,38,44)(H,39,41)/t19-,24+,25+,26+,28+/m1/s1. The maximum absolute atomic E-state index is 14.1. The number of aryl methyl sites for hydroxylation is 1. The number of carbonyl (C=O) groups excluding carboxylic acids is 4. The molecule has 0 aliphatic rings. The largest absolute Gasteiger partial charge is 0.442 e. The molecule has 274 valence electrons. The van der Waals surface area contributed by atoms with Crippen LogP contribution < -0.4 is 21.3 Å². The van der Waals surface area contributed by atoms with Gasteiger partial charge in [0.1, 0.15) is 45.2 Å². The van der Waals surface area contributed by atoms with Crippen LogP contribution in [0.25, 0.3) is 0 Å². The Bertz CT molecular complexity index is 1530. The number of hydrogen-bond donors (Lipinski definition) is 5. The number of amides is 4. The van der Waals surface area contributed by atoms with Crippen LogP contribution in [-0.2, 0) is 42.0 Å². The zero-order valence-corrected chi connectivity index (χ0v) is 30.3. The zero-order chi connectivity index (χ0) is 37.1. The summed E-state index contributed by atoms with van der Waals surface area (Å²) in [5.74, 6) is -5.61. The third-order valence-corrected chi connectivity index (χ3v) is 9.09. The van der Waals surface area contributed by atoms with Gasteiger partial charge in [0.25, 0.3) is 0 Å². The highest BCUT2D eigenvalue weighted by atomic mass is 32.2. The van der Waals surface area contributed by atoms with Crippen molar-refractivity contribution in [3.63, 3.8) is 0 Å². The molecule has 49 heavy (non-hydrogen) atoms. The molecule has 5 N–H and O–H groups in total. The zero-order valence-electron chi connectivity index (χ0n) is 28.7. The van der Waals surface area contributed by atoms with Gasteiger partial charge in [-0.15, -0.1) is 11.3 Å². The normalized spacial score (nSPS) is 14.8. The number of hydrogen-bond acceptors (Lipinski definition) is 10. The van der Waals surface area contributed by atoms with Crippen molar-refractivity contribution in [2.75, 3.05) is 18.6 Å². The number of rotatable bonds is 18. The fraction of sp³-hybridized carbons (Fsp3) is 0.594. The van der Waals surface area contributed by atoms with E-state index in [2.05, 4.69) is 26.3 Å². The molecule has 0 aliphatic heterocycles. The molecule has 0 bridgehead atoms. The summed E-state index contributed by atoms with van der Waals surface area (Å²) >= 11 is 1.24. The lowest BCUT2D eigenvalue weighted by atomic mass is 9.92. The Hall–Kier alpha value is -3.70. The molecule has 0 saturated carbocycles. The van der Waals surface area contributed by atoms with Crippen LogP contribution in [0.5, 0.6) is 0 Å². The first-order valence-corrected chi connectivity index (χ1v) is 18.7. The second-order valence-corrected chi connectivity index (χ2v) is 16.0. The maximum atomic E-state index is 14.1. The van der Waals surface area contributed by atoms with Crippen molar-refractivity contribution in [3.8, 4) is 0 Å². The number of alkyl carbamates (subject to hydrolysis) is 1. The molecule has 5 atom stereocenters. The first-order chi connectivity index (χ1) is 22.7. The summed E-state index contributed by atoms with van der Waals surface area (Å²) in [4.78, 5) is 56.1. The van der Waals surface area contributed by atoms with Crippen molar-refractivity contribution in [1.82, 2.24) is 26.3 Å². The minimum atomic E-state index is -3.86. The first kappa shape index (κ1) is 41.5. The van der Waals surface area contributed by atoms with E-state index in [0.29, 0.717) is 23.3 Å². The van der Waals surface area contributed by atoms with Gasteiger partial charge in [-0.1, -0.05) is 34.6 Å². The summed E-state index contributed by atoms with van der Waals surface area (Å²) in [5.41, 5.74) is 0.756. The summed E-state index contributed by atoms with van der Waals surface area (Å²) < 4.78 is 57.6.